The summed E-state index contributed by atoms with van der Waals surface area (Å²) in [5.74, 6) is 0. The minimum Gasteiger partial charge on any atom is -0.312 e. The molecule has 0 spiro atoms. The highest BCUT2D eigenvalue weighted by atomic mass is 35.5. The van der Waals surface area contributed by atoms with E-state index in [1.807, 2.05) is 0 Å². The number of hydrogen-bond donors (Lipinski definition) is 1. The molecule has 100 valence electrons. The standard InChI is InChI=1S/C14H16ClN3O/c15-10-4-5-13-12(7-10)14(19)18(9-17-13)8-11-3-1-2-6-16-11/h4-5,7,9,11,16H,1-3,6,8H2. The van der Waals surface area contributed by atoms with Crippen LogP contribution in [-0.4, -0.2) is 22.1 Å². The molecule has 1 aliphatic rings. The van der Waals surface area contributed by atoms with Crippen LogP contribution in [0.15, 0.2) is 29.3 Å². The average molecular weight is 278 g/mol. The summed E-state index contributed by atoms with van der Waals surface area (Å²) in [6.45, 7) is 1.71. The van der Waals surface area contributed by atoms with Crippen LogP contribution in [-0.2, 0) is 6.54 Å². The molecule has 1 saturated heterocycles. The zero-order chi connectivity index (χ0) is 13.2. The van der Waals surface area contributed by atoms with Gasteiger partial charge in [-0.05, 0) is 37.6 Å². The lowest BCUT2D eigenvalue weighted by molar-refractivity contribution is 0.359. The molecular formula is C14H16ClN3O. The predicted molar refractivity (Wildman–Crippen MR) is 76.7 cm³/mol. The molecule has 0 saturated carbocycles. The monoisotopic (exact) mass is 277 g/mol. The number of piperidine rings is 1. The van der Waals surface area contributed by atoms with E-state index in [0.29, 0.717) is 28.5 Å². The van der Waals surface area contributed by atoms with Crippen molar-refractivity contribution in [2.75, 3.05) is 6.54 Å². The molecule has 1 fully saturated rings. The molecule has 1 aromatic heterocycles. The average Bonchev–Trinajstić information content (AvgIpc) is 2.44. The van der Waals surface area contributed by atoms with Crippen molar-refractivity contribution in [1.29, 1.82) is 0 Å². The molecule has 0 aliphatic carbocycles. The quantitative estimate of drug-likeness (QED) is 0.915. The number of nitrogens with one attached hydrogen (secondary N) is 1. The lowest BCUT2D eigenvalue weighted by Crippen LogP contribution is -2.39. The van der Waals surface area contributed by atoms with Crippen LogP contribution in [0.1, 0.15) is 19.3 Å². The van der Waals surface area contributed by atoms with Crippen molar-refractivity contribution in [3.63, 3.8) is 0 Å². The predicted octanol–water partition coefficient (Wildman–Crippen LogP) is 2.19. The summed E-state index contributed by atoms with van der Waals surface area (Å²) in [5.41, 5.74) is 0.683. The fourth-order valence-electron chi connectivity index (χ4n) is 2.58. The zero-order valence-corrected chi connectivity index (χ0v) is 11.4. The molecule has 19 heavy (non-hydrogen) atoms. The first kappa shape index (κ1) is 12.6. The maximum atomic E-state index is 12.4. The lowest BCUT2D eigenvalue weighted by atomic mass is 10.1. The first-order valence-electron chi connectivity index (χ1n) is 6.62. The summed E-state index contributed by atoms with van der Waals surface area (Å²) < 4.78 is 1.68. The Morgan fingerprint density at radius 2 is 2.32 bits per heavy atom. The second-order valence-electron chi connectivity index (χ2n) is 5.01. The lowest BCUT2D eigenvalue weighted by Gasteiger charge is -2.23. The van der Waals surface area contributed by atoms with Gasteiger partial charge in [0.1, 0.15) is 0 Å². The van der Waals surface area contributed by atoms with Gasteiger partial charge in [0.2, 0.25) is 0 Å². The molecular weight excluding hydrogens is 262 g/mol. The van der Waals surface area contributed by atoms with E-state index in [4.69, 9.17) is 11.6 Å². The van der Waals surface area contributed by atoms with Gasteiger partial charge >= 0.3 is 0 Å². The van der Waals surface area contributed by atoms with Gasteiger partial charge in [-0.3, -0.25) is 9.36 Å². The number of fused-ring (bicyclic) bond motifs is 1. The van der Waals surface area contributed by atoms with E-state index < -0.39 is 0 Å². The van der Waals surface area contributed by atoms with Crippen LogP contribution in [0.4, 0.5) is 0 Å². The first-order chi connectivity index (χ1) is 9.24. The summed E-state index contributed by atoms with van der Waals surface area (Å²) in [6.07, 6.45) is 5.19. The van der Waals surface area contributed by atoms with Crippen LogP contribution in [0.3, 0.4) is 0 Å². The van der Waals surface area contributed by atoms with E-state index in [0.717, 1.165) is 13.0 Å². The largest absolute Gasteiger partial charge is 0.312 e. The van der Waals surface area contributed by atoms with Crippen molar-refractivity contribution in [3.8, 4) is 0 Å². The molecule has 0 bridgehead atoms. The third-order valence-electron chi connectivity index (χ3n) is 3.62. The minimum absolute atomic E-state index is 0.0140. The van der Waals surface area contributed by atoms with E-state index in [9.17, 15) is 4.79 Å². The maximum Gasteiger partial charge on any atom is 0.261 e. The van der Waals surface area contributed by atoms with E-state index in [1.165, 1.54) is 12.8 Å². The van der Waals surface area contributed by atoms with Gasteiger partial charge in [0, 0.05) is 17.6 Å². The molecule has 2 aromatic rings. The van der Waals surface area contributed by atoms with Gasteiger partial charge in [-0.1, -0.05) is 18.0 Å². The Balaban J connectivity index is 1.95. The van der Waals surface area contributed by atoms with Crippen LogP contribution in [0, 0.1) is 0 Å². The number of hydrogen-bond acceptors (Lipinski definition) is 3. The zero-order valence-electron chi connectivity index (χ0n) is 10.6. The van der Waals surface area contributed by atoms with Gasteiger partial charge in [0.15, 0.2) is 0 Å². The fraction of sp³-hybridized carbons (Fsp3) is 0.429. The maximum absolute atomic E-state index is 12.4. The van der Waals surface area contributed by atoms with Crippen molar-refractivity contribution in [2.45, 2.75) is 31.8 Å². The Labute approximate surface area is 116 Å². The third-order valence-corrected chi connectivity index (χ3v) is 3.85. The van der Waals surface area contributed by atoms with Crippen molar-refractivity contribution >= 4 is 22.5 Å². The minimum atomic E-state index is -0.0140. The Morgan fingerprint density at radius 1 is 1.42 bits per heavy atom. The molecule has 1 aliphatic heterocycles. The number of nitrogens with zero attached hydrogens (tertiary/aromatic N) is 2. The smallest absolute Gasteiger partial charge is 0.261 e. The normalized spacial score (nSPS) is 19.7. The molecule has 2 heterocycles. The summed E-state index contributed by atoms with van der Waals surface area (Å²) in [4.78, 5) is 16.7. The van der Waals surface area contributed by atoms with Crippen molar-refractivity contribution in [3.05, 3.63) is 39.9 Å². The van der Waals surface area contributed by atoms with Gasteiger partial charge in [-0.25, -0.2) is 4.98 Å². The van der Waals surface area contributed by atoms with Crippen LogP contribution in [0.5, 0.6) is 0 Å². The highest BCUT2D eigenvalue weighted by Gasteiger charge is 2.14. The molecule has 0 amide bonds. The van der Waals surface area contributed by atoms with E-state index in [2.05, 4.69) is 10.3 Å². The van der Waals surface area contributed by atoms with Gasteiger partial charge in [0.05, 0.1) is 17.2 Å². The molecule has 5 heteroatoms. The highest BCUT2D eigenvalue weighted by Crippen LogP contribution is 2.14. The number of aromatic nitrogens is 2. The Hall–Kier alpha value is -1.39. The topological polar surface area (TPSA) is 46.9 Å². The molecule has 1 N–H and O–H groups in total. The van der Waals surface area contributed by atoms with Crippen molar-refractivity contribution in [2.24, 2.45) is 0 Å². The molecule has 1 atom stereocenters. The third kappa shape index (κ3) is 2.65. The van der Waals surface area contributed by atoms with Gasteiger partial charge < -0.3 is 5.32 Å². The number of benzene rings is 1. The van der Waals surface area contributed by atoms with Crippen LogP contribution in [0.2, 0.25) is 5.02 Å². The Bertz CT molecular complexity index is 647. The highest BCUT2D eigenvalue weighted by molar-refractivity contribution is 6.31. The summed E-state index contributed by atoms with van der Waals surface area (Å²) >= 11 is 5.95. The molecule has 1 unspecified atom stereocenters. The summed E-state index contributed by atoms with van der Waals surface area (Å²) in [7, 11) is 0. The van der Waals surface area contributed by atoms with E-state index in [1.54, 1.807) is 29.1 Å². The molecule has 0 radical (unpaired) electrons. The number of halogens is 1. The van der Waals surface area contributed by atoms with Crippen LogP contribution < -0.4 is 10.9 Å². The summed E-state index contributed by atoms with van der Waals surface area (Å²) in [5, 5.41) is 4.60. The van der Waals surface area contributed by atoms with E-state index in [-0.39, 0.29) is 5.56 Å². The van der Waals surface area contributed by atoms with Crippen LogP contribution in [0.25, 0.3) is 10.9 Å². The first-order valence-corrected chi connectivity index (χ1v) is 7.00. The Morgan fingerprint density at radius 3 is 3.11 bits per heavy atom. The molecule has 1 aromatic carbocycles. The second-order valence-corrected chi connectivity index (χ2v) is 5.45. The number of rotatable bonds is 2. The van der Waals surface area contributed by atoms with Crippen molar-refractivity contribution in [1.82, 2.24) is 14.9 Å². The van der Waals surface area contributed by atoms with Crippen molar-refractivity contribution < 1.29 is 0 Å². The van der Waals surface area contributed by atoms with Gasteiger partial charge in [-0.2, -0.15) is 0 Å². The second kappa shape index (κ2) is 5.31. The van der Waals surface area contributed by atoms with Crippen LogP contribution >= 0.6 is 11.6 Å². The van der Waals surface area contributed by atoms with Gasteiger partial charge in [0.25, 0.3) is 5.56 Å². The molecule has 3 rings (SSSR count). The fourth-order valence-corrected chi connectivity index (χ4v) is 2.75. The molecule has 4 nitrogen and oxygen atoms in total. The SMILES string of the molecule is O=c1c2cc(Cl)ccc2ncn1CC1CCCCN1. The summed E-state index contributed by atoms with van der Waals surface area (Å²) in [6, 6.07) is 5.59. The van der Waals surface area contributed by atoms with Gasteiger partial charge in [-0.15, -0.1) is 0 Å². The van der Waals surface area contributed by atoms with E-state index >= 15 is 0 Å². The Kier molecular flexibility index (Phi) is 3.53.